The van der Waals surface area contributed by atoms with Crippen molar-refractivity contribution >= 4 is 13.9 Å². The summed E-state index contributed by atoms with van der Waals surface area (Å²) < 4.78 is 0. The fraction of sp³-hybridized carbons (Fsp3) is 0.857. The van der Waals surface area contributed by atoms with Crippen LogP contribution < -0.4 is 0 Å². The van der Waals surface area contributed by atoms with Crippen molar-refractivity contribution in [3.63, 3.8) is 0 Å². The molecule has 0 saturated carbocycles. The van der Waals surface area contributed by atoms with E-state index in [1.54, 1.807) is 4.81 Å². The normalized spacial score (nSPS) is 11.2. The van der Waals surface area contributed by atoms with Crippen molar-refractivity contribution in [3.05, 3.63) is 0 Å². The molecule has 0 fully saturated rings. The molecule has 1 amide bonds. The Morgan fingerprint density at radius 2 is 1.90 bits per heavy atom. The lowest BCUT2D eigenvalue weighted by molar-refractivity contribution is -0.134. The van der Waals surface area contributed by atoms with Gasteiger partial charge in [0, 0.05) is 12.0 Å². The summed E-state index contributed by atoms with van der Waals surface area (Å²) in [6.07, 6.45) is 0. The van der Waals surface area contributed by atoms with Crippen molar-refractivity contribution in [2.24, 2.45) is 5.41 Å². The van der Waals surface area contributed by atoms with Gasteiger partial charge < -0.3 is 4.81 Å². The van der Waals surface area contributed by atoms with Crippen molar-refractivity contribution in [2.45, 2.75) is 27.7 Å². The molecular weight excluding hydrogens is 125 g/mol. The molecule has 0 bridgehead atoms. The summed E-state index contributed by atoms with van der Waals surface area (Å²) in [6.45, 7) is 8.56. The van der Waals surface area contributed by atoms with Gasteiger partial charge in [0.2, 0.25) is 13.9 Å². The molecule has 0 aromatic heterocycles. The van der Waals surface area contributed by atoms with Gasteiger partial charge in [-0.1, -0.05) is 20.8 Å². The molecule has 0 atom stereocenters. The van der Waals surface area contributed by atoms with Gasteiger partial charge in [-0.05, 0) is 6.92 Å². The Kier molecular flexibility index (Phi) is 2.94. The van der Waals surface area contributed by atoms with E-state index in [0.717, 1.165) is 6.54 Å². The van der Waals surface area contributed by atoms with Crippen molar-refractivity contribution in [2.75, 3.05) is 6.54 Å². The minimum absolute atomic E-state index is 0.204. The number of carbonyl (C=O) groups excluding carboxylic acids is 1. The van der Waals surface area contributed by atoms with E-state index in [9.17, 15) is 4.79 Å². The molecule has 0 aliphatic rings. The molecule has 0 unspecified atom stereocenters. The van der Waals surface area contributed by atoms with Crippen LogP contribution in [0.1, 0.15) is 27.7 Å². The summed E-state index contributed by atoms with van der Waals surface area (Å²) in [4.78, 5) is 13.1. The monoisotopic (exact) mass is 141 g/mol. The van der Waals surface area contributed by atoms with Crippen LogP contribution in [0.3, 0.4) is 0 Å². The van der Waals surface area contributed by atoms with E-state index in [2.05, 4.69) is 0 Å². The topological polar surface area (TPSA) is 20.3 Å². The molecule has 58 valence electrons. The van der Waals surface area contributed by atoms with Gasteiger partial charge in [-0.25, -0.2) is 0 Å². The van der Waals surface area contributed by atoms with Crippen LogP contribution in [0.4, 0.5) is 0 Å². The summed E-state index contributed by atoms with van der Waals surface area (Å²) in [6, 6.07) is 0. The number of hydrogen-bond acceptors (Lipinski definition) is 1. The molecule has 2 nitrogen and oxygen atoms in total. The van der Waals surface area contributed by atoms with Gasteiger partial charge in [0.05, 0.1) is 0 Å². The fourth-order valence-electron chi connectivity index (χ4n) is 0.716. The Labute approximate surface area is 64.0 Å². The minimum Gasteiger partial charge on any atom is -0.394 e. The molecule has 0 N–H and O–H groups in total. The number of hydrogen-bond donors (Lipinski definition) is 0. The van der Waals surface area contributed by atoms with Crippen LogP contribution in [0.25, 0.3) is 0 Å². The Bertz CT molecular complexity index is 128. The molecule has 0 heterocycles. The smallest absolute Gasteiger partial charge is 0.221 e. The molecule has 0 rings (SSSR count). The first kappa shape index (κ1) is 9.53. The standard InChI is InChI=1S/C7H16BNO/c1-5-9(8)6(10)7(2,3)4/h5,8H2,1-4H3. The number of carbonyl (C=O) groups is 1. The van der Waals surface area contributed by atoms with Gasteiger partial charge in [-0.15, -0.1) is 0 Å². The van der Waals surface area contributed by atoms with E-state index < -0.39 is 0 Å². The van der Waals surface area contributed by atoms with Crippen LogP contribution in [-0.4, -0.2) is 25.2 Å². The molecule has 0 aromatic carbocycles. The molecule has 10 heavy (non-hydrogen) atoms. The zero-order valence-corrected chi connectivity index (χ0v) is 7.56. The van der Waals surface area contributed by atoms with E-state index in [4.69, 9.17) is 0 Å². The maximum atomic E-state index is 11.3. The third-order valence-corrected chi connectivity index (χ3v) is 1.46. The third kappa shape index (κ3) is 2.42. The van der Waals surface area contributed by atoms with Gasteiger partial charge in [0.15, 0.2) is 0 Å². The molecule has 0 aliphatic carbocycles. The molecule has 0 aliphatic heterocycles. The Hall–Kier alpha value is -0.465. The Balaban J connectivity index is 4.09. The molecule has 0 aromatic rings. The predicted octanol–water partition coefficient (Wildman–Crippen LogP) is 0.429. The van der Waals surface area contributed by atoms with E-state index in [1.807, 2.05) is 35.7 Å². The zero-order chi connectivity index (χ0) is 8.36. The number of amides is 1. The summed E-state index contributed by atoms with van der Waals surface area (Å²) in [7, 11) is 1.83. The van der Waals surface area contributed by atoms with Gasteiger partial charge >= 0.3 is 0 Å². The highest BCUT2D eigenvalue weighted by Crippen LogP contribution is 2.15. The van der Waals surface area contributed by atoms with Crippen LogP contribution >= 0.6 is 0 Å². The van der Waals surface area contributed by atoms with Gasteiger partial charge in [-0.2, -0.15) is 0 Å². The molecule has 0 radical (unpaired) electrons. The van der Waals surface area contributed by atoms with Crippen LogP contribution in [0.15, 0.2) is 0 Å². The average molecular weight is 141 g/mol. The van der Waals surface area contributed by atoms with Gasteiger partial charge in [0.25, 0.3) is 0 Å². The largest absolute Gasteiger partial charge is 0.394 e. The highest BCUT2D eigenvalue weighted by molar-refractivity contribution is 6.15. The second-order valence-corrected chi connectivity index (χ2v) is 3.57. The maximum absolute atomic E-state index is 11.3. The first-order chi connectivity index (χ1) is 4.39. The van der Waals surface area contributed by atoms with Crippen molar-refractivity contribution in [1.82, 2.24) is 4.81 Å². The van der Waals surface area contributed by atoms with Crippen molar-refractivity contribution < 1.29 is 4.79 Å². The summed E-state index contributed by atoms with van der Waals surface area (Å²) >= 11 is 0. The Morgan fingerprint density at radius 1 is 1.50 bits per heavy atom. The minimum atomic E-state index is -0.231. The van der Waals surface area contributed by atoms with E-state index in [0.29, 0.717) is 0 Å². The summed E-state index contributed by atoms with van der Waals surface area (Å²) in [5.41, 5.74) is -0.231. The lowest BCUT2D eigenvalue weighted by atomic mass is 9.93. The SMILES string of the molecule is BN(CC)C(=O)C(C)(C)C. The second-order valence-electron chi connectivity index (χ2n) is 3.57. The van der Waals surface area contributed by atoms with Crippen LogP contribution in [0.5, 0.6) is 0 Å². The first-order valence-corrected chi connectivity index (χ1v) is 3.65. The lowest BCUT2D eigenvalue weighted by Gasteiger charge is -2.25. The fourth-order valence-corrected chi connectivity index (χ4v) is 0.716. The molecular formula is C7H16BNO. The molecule has 0 saturated heterocycles. The molecule has 3 heteroatoms. The third-order valence-electron chi connectivity index (χ3n) is 1.46. The zero-order valence-electron chi connectivity index (χ0n) is 7.56. The predicted molar refractivity (Wildman–Crippen MR) is 45.4 cm³/mol. The lowest BCUT2D eigenvalue weighted by Crippen LogP contribution is -2.37. The maximum Gasteiger partial charge on any atom is 0.221 e. The average Bonchev–Trinajstić information content (AvgIpc) is 1.83. The van der Waals surface area contributed by atoms with Crippen molar-refractivity contribution in [1.29, 1.82) is 0 Å². The summed E-state index contributed by atoms with van der Waals surface area (Å²) in [5, 5.41) is 0. The van der Waals surface area contributed by atoms with Gasteiger partial charge in [0.1, 0.15) is 0 Å². The van der Waals surface area contributed by atoms with E-state index in [-0.39, 0.29) is 11.3 Å². The second kappa shape index (κ2) is 3.08. The highest BCUT2D eigenvalue weighted by Gasteiger charge is 2.23. The van der Waals surface area contributed by atoms with E-state index in [1.165, 1.54) is 0 Å². The van der Waals surface area contributed by atoms with Crippen LogP contribution in [-0.2, 0) is 4.79 Å². The van der Waals surface area contributed by atoms with Crippen LogP contribution in [0.2, 0.25) is 0 Å². The molecule has 0 spiro atoms. The van der Waals surface area contributed by atoms with Crippen molar-refractivity contribution in [3.8, 4) is 0 Å². The first-order valence-electron chi connectivity index (χ1n) is 3.65. The highest BCUT2D eigenvalue weighted by atomic mass is 16.2. The quantitative estimate of drug-likeness (QED) is 0.485. The van der Waals surface area contributed by atoms with Crippen LogP contribution in [0, 0.1) is 5.41 Å². The van der Waals surface area contributed by atoms with Gasteiger partial charge in [-0.3, -0.25) is 4.79 Å². The Morgan fingerprint density at radius 3 is 2.00 bits per heavy atom. The number of nitrogens with zero attached hydrogens (tertiary/aromatic N) is 1. The number of rotatable bonds is 1. The van der Waals surface area contributed by atoms with E-state index >= 15 is 0 Å². The summed E-state index contributed by atoms with van der Waals surface area (Å²) in [5.74, 6) is 0.204.